The molecule has 0 aliphatic rings. The molecule has 36 nitrogen and oxygen atoms in total. The highest BCUT2D eigenvalue weighted by atomic mass is 16.3. The van der Waals surface area contributed by atoms with Crippen LogP contribution in [0, 0.1) is 20.8 Å². The molecule has 0 aromatic carbocycles. The van der Waals surface area contributed by atoms with Gasteiger partial charge in [-0.25, -0.2) is 82.2 Å². The Morgan fingerprint density at radius 1 is 0.299 bits per heavy atom. The van der Waals surface area contributed by atoms with Gasteiger partial charge in [-0.05, 0) is 77.8 Å². The summed E-state index contributed by atoms with van der Waals surface area (Å²) < 4.78 is 33.0. The van der Waals surface area contributed by atoms with Gasteiger partial charge < -0.3 is 46.0 Å². The summed E-state index contributed by atoms with van der Waals surface area (Å²) in [5, 5.41) is 36.4. The second-order valence-electron chi connectivity index (χ2n) is 30.2. The van der Waals surface area contributed by atoms with E-state index in [1.807, 2.05) is 211 Å². The standard InChI is InChI=1S/C29H46N8O3.C26H40N8O6.C26H40N8O3/c1-24-31(4)15-18-35(24)21-27(38)9-7-12-34(13-8-10-28(39)22-36-19-16-32(5)25(36)2)14-11-30-29(40)23-37-20-17-33(6)26(37)3;35-21-32-12-9-29(18-32)15-24(38)3-1-6-28(7-2-4-25(39)16-30-10-13-33(19-30)22-36)8-5-27-26(40)17-31-11-14-34(20-31)23-37;1-28-12-15-32(21-28)18-24(35)6-4-9-31(10-5-7-25(36)19-33-16-13-29(2)22-33)11-8-27-26(37)20-34-17-14-30(3)23-34/h15-20H,7-14,21-23H2,1-6H3;9-14,18-20,35-37H,1-8,15-17,21-23H2;12-17,21-23H,4-11,18-20H2,1-3H3/q3*+2/p+3. The molecule has 0 aliphatic carbocycles. The first kappa shape index (κ1) is 93.2. The molecule has 6 N–H and O–H groups in total. The zero-order valence-electron chi connectivity index (χ0n) is 70.2. The first-order valence-corrected chi connectivity index (χ1v) is 40.3. The molecule has 0 fully saturated rings. The maximum absolute atomic E-state index is 12.6. The van der Waals surface area contributed by atoms with Crippen LogP contribution in [0.25, 0.3) is 0 Å². The molecule has 0 saturated heterocycles. The Hall–Kier alpha value is -10.9. The predicted molar refractivity (Wildman–Crippen MR) is 422 cm³/mol. The van der Waals surface area contributed by atoms with E-state index in [1.54, 1.807) is 83.6 Å². The van der Waals surface area contributed by atoms with Gasteiger partial charge in [-0.2, -0.15) is 0 Å². The number of amides is 3. The molecule has 0 saturated carbocycles. The molecule has 117 heavy (non-hydrogen) atoms. The summed E-state index contributed by atoms with van der Waals surface area (Å²) in [4.78, 5) is 119. The third-order valence-electron chi connectivity index (χ3n) is 20.3. The van der Waals surface area contributed by atoms with Crippen LogP contribution in [0.15, 0.2) is 150 Å². The topological polar surface area (TPSA) is 339 Å². The van der Waals surface area contributed by atoms with Gasteiger partial charge in [0.1, 0.15) is 151 Å². The highest BCUT2D eigenvalue weighted by Crippen LogP contribution is 2.08. The Morgan fingerprint density at radius 3 is 0.863 bits per heavy atom. The van der Waals surface area contributed by atoms with Gasteiger partial charge in [0.2, 0.25) is 38.0 Å². The van der Waals surface area contributed by atoms with Crippen LogP contribution in [0.3, 0.4) is 0 Å². The van der Waals surface area contributed by atoms with E-state index in [-0.39, 0.29) is 105 Å². The Kier molecular flexibility index (Phi) is 39.7. The second kappa shape index (κ2) is 49.9. The Bertz CT molecular complexity index is 4130. The highest BCUT2D eigenvalue weighted by molar-refractivity contribution is 5.80. The van der Waals surface area contributed by atoms with E-state index in [1.165, 1.54) is 0 Å². The van der Waals surface area contributed by atoms with Crippen molar-refractivity contribution < 1.29 is 99.6 Å². The summed E-state index contributed by atoms with van der Waals surface area (Å²) >= 11 is 0. The minimum atomic E-state index is -0.156. The van der Waals surface area contributed by atoms with Crippen molar-refractivity contribution in [2.45, 2.75) is 177 Å². The fourth-order valence-corrected chi connectivity index (χ4v) is 13.3. The van der Waals surface area contributed by atoms with E-state index in [2.05, 4.69) is 30.7 Å². The van der Waals surface area contributed by atoms with Crippen LogP contribution in [0.1, 0.15) is 94.5 Å². The van der Waals surface area contributed by atoms with Crippen LogP contribution >= 0.6 is 0 Å². The van der Waals surface area contributed by atoms with Crippen molar-refractivity contribution in [3.8, 4) is 0 Å². The lowest BCUT2D eigenvalue weighted by atomic mass is 10.1. The van der Waals surface area contributed by atoms with E-state index in [9.17, 15) is 43.2 Å². The van der Waals surface area contributed by atoms with Gasteiger partial charge in [0.25, 0.3) is 35.2 Å². The van der Waals surface area contributed by atoms with Crippen LogP contribution in [0.4, 0.5) is 0 Å². The molecule has 9 aromatic rings. The van der Waals surface area contributed by atoms with Gasteiger partial charge in [0, 0.05) is 98.6 Å². The number of rotatable bonds is 54. The van der Waals surface area contributed by atoms with Crippen molar-refractivity contribution in [1.29, 1.82) is 0 Å². The van der Waals surface area contributed by atoms with Gasteiger partial charge in [0.15, 0.2) is 74.5 Å². The lowest BCUT2D eigenvalue weighted by molar-refractivity contribution is -0.684. The first-order valence-electron chi connectivity index (χ1n) is 40.3. The van der Waals surface area contributed by atoms with Crippen LogP contribution in [0.5, 0.6) is 0 Å². The lowest BCUT2D eigenvalue weighted by Crippen LogP contribution is -2.44. The molecule has 0 radical (unpaired) electrons. The van der Waals surface area contributed by atoms with Gasteiger partial charge in [-0.15, -0.1) is 0 Å². The highest BCUT2D eigenvalue weighted by Gasteiger charge is 2.22. The molecule has 0 bridgehead atoms. The fourth-order valence-electron chi connectivity index (χ4n) is 13.3. The SMILES string of the molecule is C[n+]1ccn(CC(=O)CCCN(CCCC(=O)Cn2cc[n+](C)c2)CCNC(=O)Cn2cc[n+](C)c2)c1.Cc1n(CC(=O)CCCN(CCCC(=O)Cn2cc[n+](C)c2C)CCNC(=O)Cn2cc[n+](C)c2C)cc[n+]1C.O=C(CCCN(CCCC(=O)C[n+]1ccn(CO)c1)CCNC(=O)C[n+]1ccn(CO)c1)C[n+]1ccn(CO)c1. The minimum absolute atomic E-state index is 0.0323. The first-order chi connectivity index (χ1) is 56.2. The number of ketones is 6. The third kappa shape index (κ3) is 35.2. The smallest absolute Gasteiger partial charge is 0.262 e. The van der Waals surface area contributed by atoms with E-state index in [4.69, 9.17) is 15.3 Å². The minimum Gasteiger partial charge on any atom is -0.358 e. The van der Waals surface area contributed by atoms with Crippen molar-refractivity contribution in [3.05, 3.63) is 167 Å². The molecule has 636 valence electrons. The van der Waals surface area contributed by atoms with Crippen LogP contribution < -0.4 is 57.1 Å². The number of hydrogen-bond acceptors (Lipinski definition) is 15. The van der Waals surface area contributed by atoms with Gasteiger partial charge in [-0.1, -0.05) is 0 Å². The van der Waals surface area contributed by atoms with Crippen molar-refractivity contribution in [1.82, 2.24) is 71.8 Å². The maximum atomic E-state index is 12.6. The average molecular weight is 1630 g/mol. The second-order valence-corrected chi connectivity index (χ2v) is 30.2. The number of carbonyl (C=O) groups is 9. The molecular formula is C81H129N24O12+9. The summed E-state index contributed by atoms with van der Waals surface area (Å²) in [5.41, 5.74) is 0. The molecule has 0 unspecified atom stereocenters. The molecule has 9 aromatic heterocycles. The largest absolute Gasteiger partial charge is 0.358 e. The van der Waals surface area contributed by atoms with E-state index < -0.39 is 0 Å². The number of aliphatic hydroxyl groups is 3. The Labute approximate surface area is 685 Å². The number of aliphatic hydroxyl groups excluding tert-OH is 3. The van der Waals surface area contributed by atoms with E-state index in [0.29, 0.717) is 130 Å². The summed E-state index contributed by atoms with van der Waals surface area (Å²) in [5.74, 6) is 3.84. The predicted octanol–water partition coefficient (Wildman–Crippen LogP) is -3.59. The van der Waals surface area contributed by atoms with Crippen molar-refractivity contribution >= 4 is 52.4 Å². The number of carbonyl (C=O) groups excluding carboxylic acids is 9. The molecule has 0 aliphatic heterocycles. The lowest BCUT2D eigenvalue weighted by Gasteiger charge is -2.22. The van der Waals surface area contributed by atoms with Crippen molar-refractivity contribution in [2.24, 2.45) is 42.3 Å². The number of imidazole rings is 9. The summed E-state index contributed by atoms with van der Waals surface area (Å²) in [6.45, 7) is 15.9. The summed E-state index contributed by atoms with van der Waals surface area (Å²) in [6.07, 6.45) is 51.0. The third-order valence-corrected chi connectivity index (χ3v) is 20.3. The summed E-state index contributed by atoms with van der Waals surface area (Å²) in [7, 11) is 11.7. The maximum Gasteiger partial charge on any atom is 0.262 e. The molecule has 0 spiro atoms. The van der Waals surface area contributed by atoms with Crippen molar-refractivity contribution in [2.75, 3.05) is 78.5 Å². The monoisotopic (exact) mass is 1630 g/mol. The molecule has 9 heterocycles. The van der Waals surface area contributed by atoms with E-state index >= 15 is 0 Å². The number of Topliss-reactive ketones (excluding diaryl/α,β-unsaturated/α-hetero) is 6. The summed E-state index contributed by atoms with van der Waals surface area (Å²) in [6, 6.07) is 0. The number of hydrogen-bond donors (Lipinski definition) is 6. The fraction of sp³-hybridized carbons (Fsp3) is 0.556. The number of aromatic nitrogens is 18. The van der Waals surface area contributed by atoms with Gasteiger partial charge >= 0.3 is 0 Å². The Balaban J connectivity index is 0.000000243. The normalized spacial score (nSPS) is 11.3. The zero-order valence-corrected chi connectivity index (χ0v) is 70.2. The van der Waals surface area contributed by atoms with Crippen LogP contribution in [-0.2, 0) is 165 Å². The average Bonchev–Trinajstić information content (AvgIpc) is 1.77. The number of aryl methyl sites for hydroxylation is 6. The Morgan fingerprint density at radius 2 is 0.573 bits per heavy atom. The molecule has 36 heteroatoms. The molecular weight excluding hydrogens is 1500 g/mol. The van der Waals surface area contributed by atoms with Crippen LogP contribution in [0.2, 0.25) is 0 Å². The quantitative estimate of drug-likeness (QED) is 0.0201. The molecule has 3 amide bonds. The van der Waals surface area contributed by atoms with Crippen molar-refractivity contribution in [3.63, 3.8) is 0 Å². The zero-order chi connectivity index (χ0) is 84.6. The number of nitrogens with zero attached hydrogens (tertiary/aromatic N) is 21. The van der Waals surface area contributed by atoms with Crippen LogP contribution in [-0.4, -0.2) is 202 Å². The van der Waals surface area contributed by atoms with Gasteiger partial charge in [-0.3, -0.25) is 43.2 Å². The molecule has 9 rings (SSSR count). The number of nitrogens with one attached hydrogen (secondary N) is 3. The van der Waals surface area contributed by atoms with Gasteiger partial charge in [0.05, 0.1) is 42.3 Å². The van der Waals surface area contributed by atoms with E-state index in [0.717, 1.165) is 69.3 Å². The molecule has 0 atom stereocenters.